The van der Waals surface area contributed by atoms with Gasteiger partial charge in [-0.25, -0.2) is 0 Å². The van der Waals surface area contributed by atoms with E-state index in [1.54, 1.807) is 0 Å². The van der Waals surface area contributed by atoms with E-state index in [-0.39, 0.29) is 0 Å². The zero-order chi connectivity index (χ0) is 12.0. The van der Waals surface area contributed by atoms with Crippen LogP contribution in [0.3, 0.4) is 0 Å². The van der Waals surface area contributed by atoms with Crippen molar-refractivity contribution < 1.29 is 0 Å². The molecule has 0 aromatic carbocycles. The lowest BCUT2D eigenvalue weighted by Gasteiger charge is -2.41. The SMILES string of the molecule is CCCC(C)N(C)CC1(CS)CCCCC1. The summed E-state index contributed by atoms with van der Waals surface area (Å²) in [6, 6.07) is 0.726. The smallest absolute Gasteiger partial charge is 0.00640 e. The van der Waals surface area contributed by atoms with Gasteiger partial charge in [-0.05, 0) is 44.4 Å². The summed E-state index contributed by atoms with van der Waals surface area (Å²) < 4.78 is 0. The third-order valence-corrected chi connectivity index (χ3v) is 4.96. The van der Waals surface area contributed by atoms with Gasteiger partial charge in [0.15, 0.2) is 0 Å². The van der Waals surface area contributed by atoms with Crippen molar-refractivity contribution in [2.24, 2.45) is 5.41 Å². The molecular weight excluding hydrogens is 214 g/mol. The van der Waals surface area contributed by atoms with Gasteiger partial charge < -0.3 is 4.90 Å². The maximum atomic E-state index is 4.62. The summed E-state index contributed by atoms with van der Waals surface area (Å²) in [5.41, 5.74) is 0.512. The molecule has 0 bridgehead atoms. The predicted molar refractivity (Wildman–Crippen MR) is 76.4 cm³/mol. The zero-order valence-electron chi connectivity index (χ0n) is 11.3. The molecule has 0 saturated heterocycles. The van der Waals surface area contributed by atoms with Crippen LogP contribution in [0.5, 0.6) is 0 Å². The van der Waals surface area contributed by atoms with Crippen molar-refractivity contribution in [3.8, 4) is 0 Å². The van der Waals surface area contributed by atoms with Crippen molar-refractivity contribution in [2.45, 2.75) is 64.8 Å². The van der Waals surface area contributed by atoms with E-state index in [1.807, 2.05) is 0 Å². The summed E-state index contributed by atoms with van der Waals surface area (Å²) >= 11 is 4.62. The van der Waals surface area contributed by atoms with Crippen molar-refractivity contribution in [1.82, 2.24) is 4.90 Å². The summed E-state index contributed by atoms with van der Waals surface area (Å²) in [7, 11) is 2.29. The molecule has 0 N–H and O–H groups in total. The molecular formula is C14H29NS. The van der Waals surface area contributed by atoms with Crippen molar-refractivity contribution in [3.63, 3.8) is 0 Å². The van der Waals surface area contributed by atoms with Crippen molar-refractivity contribution in [2.75, 3.05) is 19.3 Å². The van der Waals surface area contributed by atoms with E-state index in [0.717, 1.165) is 11.8 Å². The number of hydrogen-bond acceptors (Lipinski definition) is 2. The average molecular weight is 243 g/mol. The Morgan fingerprint density at radius 2 is 1.88 bits per heavy atom. The Morgan fingerprint density at radius 3 is 2.38 bits per heavy atom. The molecule has 2 heteroatoms. The molecule has 1 fully saturated rings. The van der Waals surface area contributed by atoms with E-state index in [2.05, 4.69) is 38.4 Å². The zero-order valence-corrected chi connectivity index (χ0v) is 12.2. The third kappa shape index (κ3) is 3.96. The number of hydrogen-bond donors (Lipinski definition) is 1. The van der Waals surface area contributed by atoms with Crippen LogP contribution in [0, 0.1) is 5.41 Å². The van der Waals surface area contributed by atoms with Crippen LogP contribution in [0.2, 0.25) is 0 Å². The molecule has 1 nitrogen and oxygen atoms in total. The molecule has 1 atom stereocenters. The lowest BCUT2D eigenvalue weighted by molar-refractivity contribution is 0.116. The van der Waals surface area contributed by atoms with Crippen LogP contribution >= 0.6 is 12.6 Å². The van der Waals surface area contributed by atoms with Gasteiger partial charge in [0.05, 0.1) is 0 Å². The van der Waals surface area contributed by atoms with Crippen molar-refractivity contribution >= 4 is 12.6 Å². The van der Waals surface area contributed by atoms with Crippen molar-refractivity contribution in [3.05, 3.63) is 0 Å². The molecule has 0 aromatic heterocycles. The second-order valence-electron chi connectivity index (χ2n) is 5.77. The molecule has 0 amide bonds. The number of nitrogens with zero attached hydrogens (tertiary/aromatic N) is 1. The monoisotopic (exact) mass is 243 g/mol. The summed E-state index contributed by atoms with van der Waals surface area (Å²) in [5, 5.41) is 0. The number of rotatable bonds is 6. The molecule has 0 aromatic rings. The maximum absolute atomic E-state index is 4.62. The molecule has 1 unspecified atom stereocenters. The van der Waals surface area contributed by atoms with Gasteiger partial charge in [-0.3, -0.25) is 0 Å². The van der Waals surface area contributed by atoms with Crippen molar-refractivity contribution in [1.29, 1.82) is 0 Å². The van der Waals surface area contributed by atoms with E-state index in [9.17, 15) is 0 Å². The molecule has 16 heavy (non-hydrogen) atoms. The molecule has 0 heterocycles. The predicted octanol–water partition coefficient (Wildman–Crippen LogP) is 3.99. The molecule has 0 aliphatic heterocycles. The highest BCUT2D eigenvalue weighted by Gasteiger charge is 2.32. The third-order valence-electron chi connectivity index (χ3n) is 4.29. The van der Waals surface area contributed by atoms with E-state index in [4.69, 9.17) is 0 Å². The van der Waals surface area contributed by atoms with Gasteiger partial charge in [0.2, 0.25) is 0 Å². The normalized spacial score (nSPS) is 22.3. The van der Waals surface area contributed by atoms with E-state index >= 15 is 0 Å². The highest BCUT2D eigenvalue weighted by molar-refractivity contribution is 7.80. The van der Waals surface area contributed by atoms with Crippen LogP contribution in [0.1, 0.15) is 58.8 Å². The summed E-state index contributed by atoms with van der Waals surface area (Å²) in [4.78, 5) is 2.56. The van der Waals surface area contributed by atoms with Gasteiger partial charge in [0.25, 0.3) is 0 Å². The average Bonchev–Trinajstić information content (AvgIpc) is 2.30. The first-order valence-corrected chi connectivity index (χ1v) is 7.58. The standard InChI is InChI=1S/C14H29NS/c1-4-8-13(2)15(3)11-14(12-16)9-6-5-7-10-14/h13,16H,4-12H2,1-3H3. The minimum absolute atomic E-state index is 0.512. The highest BCUT2D eigenvalue weighted by Crippen LogP contribution is 2.38. The fourth-order valence-electron chi connectivity index (χ4n) is 2.99. The fraction of sp³-hybridized carbons (Fsp3) is 1.00. The molecule has 0 radical (unpaired) electrons. The fourth-order valence-corrected chi connectivity index (χ4v) is 3.41. The van der Waals surface area contributed by atoms with Gasteiger partial charge >= 0.3 is 0 Å². The molecule has 1 aliphatic carbocycles. The van der Waals surface area contributed by atoms with Gasteiger partial charge in [0.1, 0.15) is 0 Å². The second-order valence-corrected chi connectivity index (χ2v) is 6.09. The van der Waals surface area contributed by atoms with Crippen LogP contribution in [-0.2, 0) is 0 Å². The Kier molecular flexibility index (Phi) is 6.20. The molecule has 0 spiro atoms. The molecule has 1 rings (SSSR count). The first kappa shape index (κ1) is 14.4. The quantitative estimate of drug-likeness (QED) is 0.690. The summed E-state index contributed by atoms with van der Waals surface area (Å²) in [5.74, 6) is 1.07. The Labute approximate surface area is 107 Å². The van der Waals surface area contributed by atoms with E-state index < -0.39 is 0 Å². The van der Waals surface area contributed by atoms with Crippen LogP contribution < -0.4 is 0 Å². The lowest BCUT2D eigenvalue weighted by Crippen LogP contribution is -2.42. The summed E-state index contributed by atoms with van der Waals surface area (Å²) in [6.07, 6.45) is 9.65. The lowest BCUT2D eigenvalue weighted by atomic mass is 9.75. The maximum Gasteiger partial charge on any atom is 0.00640 e. The van der Waals surface area contributed by atoms with Crippen LogP contribution in [-0.4, -0.2) is 30.3 Å². The minimum Gasteiger partial charge on any atom is -0.303 e. The van der Waals surface area contributed by atoms with Crippen LogP contribution in [0.15, 0.2) is 0 Å². The highest BCUT2D eigenvalue weighted by atomic mass is 32.1. The first-order chi connectivity index (χ1) is 7.63. The van der Waals surface area contributed by atoms with Gasteiger partial charge in [-0.1, -0.05) is 32.6 Å². The molecule has 96 valence electrons. The number of thiol groups is 1. The largest absolute Gasteiger partial charge is 0.303 e. The van der Waals surface area contributed by atoms with Gasteiger partial charge in [-0.15, -0.1) is 0 Å². The van der Waals surface area contributed by atoms with Gasteiger partial charge in [-0.2, -0.15) is 12.6 Å². The topological polar surface area (TPSA) is 3.24 Å². The Bertz CT molecular complexity index is 187. The Hall–Kier alpha value is 0.310. The molecule has 1 saturated carbocycles. The summed E-state index contributed by atoms with van der Waals surface area (Å²) in [6.45, 7) is 5.88. The minimum atomic E-state index is 0.512. The van der Waals surface area contributed by atoms with Crippen LogP contribution in [0.25, 0.3) is 0 Å². The van der Waals surface area contributed by atoms with Gasteiger partial charge in [0, 0.05) is 12.6 Å². The van der Waals surface area contributed by atoms with E-state index in [0.29, 0.717) is 5.41 Å². The Balaban J connectivity index is 2.48. The first-order valence-electron chi connectivity index (χ1n) is 6.94. The second kappa shape index (κ2) is 6.90. The molecule has 1 aliphatic rings. The Morgan fingerprint density at radius 1 is 1.25 bits per heavy atom. The van der Waals surface area contributed by atoms with E-state index in [1.165, 1.54) is 51.5 Å². The van der Waals surface area contributed by atoms with Crippen LogP contribution in [0.4, 0.5) is 0 Å².